The molecule has 108 valence electrons. The second kappa shape index (κ2) is 7.60. The largest absolute Gasteiger partial charge is 0.314 e. The van der Waals surface area contributed by atoms with Gasteiger partial charge in [-0.05, 0) is 51.7 Å². The molecule has 1 unspecified atom stereocenters. The summed E-state index contributed by atoms with van der Waals surface area (Å²) in [6, 6.07) is 0.603. The highest BCUT2D eigenvalue weighted by atomic mass is 15.2. The second-order valence-electron chi connectivity index (χ2n) is 5.60. The smallest absolute Gasteiger partial charge is 0.137 e. The van der Waals surface area contributed by atoms with Crippen molar-refractivity contribution in [2.45, 2.75) is 45.6 Å². The molecule has 1 atom stereocenters. The van der Waals surface area contributed by atoms with E-state index in [1.165, 1.54) is 38.9 Å². The van der Waals surface area contributed by atoms with E-state index < -0.39 is 0 Å². The number of aromatic amines is 1. The Kier molecular flexibility index (Phi) is 5.79. The van der Waals surface area contributed by atoms with Crippen molar-refractivity contribution in [2.24, 2.45) is 5.92 Å². The molecular weight excluding hydrogens is 238 g/mol. The number of nitrogens with zero attached hydrogens (tertiary/aromatic N) is 3. The highest BCUT2D eigenvalue weighted by Crippen LogP contribution is 2.20. The Morgan fingerprint density at radius 2 is 2.26 bits per heavy atom. The van der Waals surface area contributed by atoms with E-state index in [2.05, 4.69) is 39.2 Å². The lowest BCUT2D eigenvalue weighted by atomic mass is 9.90. The summed E-state index contributed by atoms with van der Waals surface area (Å²) in [4.78, 5) is 6.74. The molecule has 1 aliphatic heterocycles. The summed E-state index contributed by atoms with van der Waals surface area (Å²) in [5, 5.41) is 10.4. The van der Waals surface area contributed by atoms with Gasteiger partial charge < -0.3 is 10.2 Å². The van der Waals surface area contributed by atoms with Gasteiger partial charge in [0.2, 0.25) is 0 Å². The molecule has 1 saturated heterocycles. The average molecular weight is 265 g/mol. The third-order valence-corrected chi connectivity index (χ3v) is 4.17. The van der Waals surface area contributed by atoms with Gasteiger partial charge in [-0.25, -0.2) is 4.98 Å². The molecule has 1 aliphatic rings. The van der Waals surface area contributed by atoms with Gasteiger partial charge in [0.05, 0.1) is 0 Å². The van der Waals surface area contributed by atoms with Gasteiger partial charge in [-0.1, -0.05) is 6.92 Å². The van der Waals surface area contributed by atoms with Crippen LogP contribution < -0.4 is 5.32 Å². The van der Waals surface area contributed by atoms with Crippen LogP contribution >= 0.6 is 0 Å². The predicted molar refractivity (Wildman–Crippen MR) is 77.0 cm³/mol. The number of nitrogens with one attached hydrogen (secondary N) is 2. The molecule has 1 fully saturated rings. The monoisotopic (exact) mass is 265 g/mol. The first-order valence-electron chi connectivity index (χ1n) is 7.59. The summed E-state index contributed by atoms with van der Waals surface area (Å²) >= 11 is 0. The summed E-state index contributed by atoms with van der Waals surface area (Å²) < 4.78 is 0. The van der Waals surface area contributed by atoms with Gasteiger partial charge in [-0.15, -0.1) is 0 Å². The Morgan fingerprint density at radius 1 is 1.47 bits per heavy atom. The molecule has 0 aliphatic carbocycles. The van der Waals surface area contributed by atoms with Crippen molar-refractivity contribution >= 4 is 0 Å². The zero-order valence-electron chi connectivity index (χ0n) is 12.2. The quantitative estimate of drug-likeness (QED) is 0.783. The lowest BCUT2D eigenvalue weighted by Gasteiger charge is -2.35. The first kappa shape index (κ1) is 14.5. The van der Waals surface area contributed by atoms with Gasteiger partial charge in [0.1, 0.15) is 12.2 Å². The molecule has 2 heterocycles. The third-order valence-electron chi connectivity index (χ3n) is 4.17. The van der Waals surface area contributed by atoms with Crippen LogP contribution in [-0.4, -0.2) is 52.3 Å². The van der Waals surface area contributed by atoms with E-state index in [0.29, 0.717) is 6.04 Å². The first-order chi connectivity index (χ1) is 9.29. The first-order valence-corrected chi connectivity index (χ1v) is 7.59. The van der Waals surface area contributed by atoms with Crippen LogP contribution in [0.15, 0.2) is 6.33 Å². The van der Waals surface area contributed by atoms with Crippen LogP contribution in [0.1, 0.15) is 38.9 Å². The van der Waals surface area contributed by atoms with Crippen LogP contribution in [-0.2, 0) is 6.42 Å². The van der Waals surface area contributed by atoms with Crippen molar-refractivity contribution in [3.8, 4) is 0 Å². The van der Waals surface area contributed by atoms with Crippen molar-refractivity contribution in [3.05, 3.63) is 12.2 Å². The Labute approximate surface area is 116 Å². The van der Waals surface area contributed by atoms with Gasteiger partial charge in [-0.2, -0.15) is 5.10 Å². The van der Waals surface area contributed by atoms with Crippen molar-refractivity contribution < 1.29 is 0 Å². The molecule has 5 heteroatoms. The summed E-state index contributed by atoms with van der Waals surface area (Å²) in [6.07, 6.45) is 6.43. The summed E-state index contributed by atoms with van der Waals surface area (Å²) in [5.41, 5.74) is 0. The minimum atomic E-state index is 0.603. The minimum Gasteiger partial charge on any atom is -0.314 e. The molecule has 2 N–H and O–H groups in total. The molecule has 1 aromatic heterocycles. The van der Waals surface area contributed by atoms with Gasteiger partial charge in [0.25, 0.3) is 0 Å². The molecule has 0 aromatic carbocycles. The number of rotatable bonds is 7. The molecule has 1 aromatic rings. The highest BCUT2D eigenvalue weighted by molar-refractivity contribution is 4.83. The maximum absolute atomic E-state index is 4.14. The second-order valence-corrected chi connectivity index (χ2v) is 5.60. The number of aromatic nitrogens is 3. The minimum absolute atomic E-state index is 0.603. The van der Waals surface area contributed by atoms with Crippen LogP contribution in [0.25, 0.3) is 0 Å². The molecule has 0 amide bonds. The predicted octanol–water partition coefficient (Wildman–Crippen LogP) is 1.45. The molecular formula is C14H27N5. The van der Waals surface area contributed by atoms with Gasteiger partial charge in [0.15, 0.2) is 0 Å². The molecule has 0 radical (unpaired) electrons. The number of hydrogen-bond donors (Lipinski definition) is 2. The van der Waals surface area contributed by atoms with Crippen molar-refractivity contribution in [1.29, 1.82) is 0 Å². The SMILES string of the molecule is CCCN1CCC(C(C)NCCc2ncn[nH]2)CC1. The van der Waals surface area contributed by atoms with E-state index in [1.807, 2.05) is 0 Å². The molecule has 5 nitrogen and oxygen atoms in total. The maximum Gasteiger partial charge on any atom is 0.137 e. The van der Waals surface area contributed by atoms with Gasteiger partial charge in [-0.3, -0.25) is 5.10 Å². The molecule has 2 rings (SSSR count). The van der Waals surface area contributed by atoms with Crippen LogP contribution in [0.5, 0.6) is 0 Å². The summed E-state index contributed by atoms with van der Waals surface area (Å²) in [6.45, 7) is 9.37. The molecule has 0 bridgehead atoms. The summed E-state index contributed by atoms with van der Waals surface area (Å²) in [5.74, 6) is 1.79. The fourth-order valence-corrected chi connectivity index (χ4v) is 2.93. The summed E-state index contributed by atoms with van der Waals surface area (Å²) in [7, 11) is 0. The van der Waals surface area contributed by atoms with Crippen LogP contribution in [0.2, 0.25) is 0 Å². The zero-order valence-corrected chi connectivity index (χ0v) is 12.2. The number of piperidine rings is 1. The van der Waals surface area contributed by atoms with E-state index in [0.717, 1.165) is 24.7 Å². The van der Waals surface area contributed by atoms with Crippen molar-refractivity contribution in [3.63, 3.8) is 0 Å². The molecule has 0 saturated carbocycles. The fourth-order valence-electron chi connectivity index (χ4n) is 2.93. The fraction of sp³-hybridized carbons (Fsp3) is 0.857. The lowest BCUT2D eigenvalue weighted by molar-refractivity contribution is 0.163. The van der Waals surface area contributed by atoms with Gasteiger partial charge in [0, 0.05) is 19.0 Å². The maximum atomic E-state index is 4.14. The van der Waals surface area contributed by atoms with E-state index in [4.69, 9.17) is 0 Å². The third kappa shape index (κ3) is 4.58. The van der Waals surface area contributed by atoms with Crippen LogP contribution in [0, 0.1) is 5.92 Å². The number of likely N-dealkylation sites (tertiary alicyclic amines) is 1. The Balaban J connectivity index is 1.62. The van der Waals surface area contributed by atoms with Crippen molar-refractivity contribution in [2.75, 3.05) is 26.2 Å². The number of hydrogen-bond acceptors (Lipinski definition) is 4. The highest BCUT2D eigenvalue weighted by Gasteiger charge is 2.22. The van der Waals surface area contributed by atoms with Crippen LogP contribution in [0.3, 0.4) is 0 Å². The standard InChI is InChI=1S/C14H27N5/c1-3-8-19-9-5-13(6-10-19)12(2)15-7-4-14-16-11-17-18-14/h11-13,15H,3-10H2,1-2H3,(H,16,17,18). The molecule has 19 heavy (non-hydrogen) atoms. The van der Waals surface area contributed by atoms with E-state index in [-0.39, 0.29) is 0 Å². The lowest BCUT2D eigenvalue weighted by Crippen LogP contribution is -2.42. The van der Waals surface area contributed by atoms with E-state index >= 15 is 0 Å². The topological polar surface area (TPSA) is 56.8 Å². The van der Waals surface area contributed by atoms with E-state index in [9.17, 15) is 0 Å². The normalized spacial score (nSPS) is 19.7. The van der Waals surface area contributed by atoms with Crippen molar-refractivity contribution in [1.82, 2.24) is 25.4 Å². The Bertz CT molecular complexity index is 330. The zero-order chi connectivity index (χ0) is 13.5. The average Bonchev–Trinajstić information content (AvgIpc) is 2.93. The molecule has 0 spiro atoms. The van der Waals surface area contributed by atoms with Gasteiger partial charge >= 0.3 is 0 Å². The number of H-pyrrole nitrogens is 1. The van der Waals surface area contributed by atoms with E-state index in [1.54, 1.807) is 6.33 Å². The Hall–Kier alpha value is -0.940. The van der Waals surface area contributed by atoms with Crippen LogP contribution in [0.4, 0.5) is 0 Å². The Morgan fingerprint density at radius 3 is 2.89 bits per heavy atom.